The number of aliphatic hydroxyl groups is 1. The van der Waals surface area contributed by atoms with E-state index in [-0.39, 0.29) is 36.2 Å². The molecule has 0 spiro atoms. The normalized spacial score (nSPS) is 15.9. The van der Waals surface area contributed by atoms with Crippen molar-refractivity contribution in [3.05, 3.63) is 59.7 Å². The first kappa shape index (κ1) is 27.2. The monoisotopic (exact) mass is 568 g/mol. The number of halogens is 1. The van der Waals surface area contributed by atoms with Gasteiger partial charge in [-0.1, -0.05) is 30.3 Å². The molecule has 1 saturated heterocycles. The van der Waals surface area contributed by atoms with Crippen LogP contribution >= 0.6 is 24.0 Å². The predicted molar refractivity (Wildman–Crippen MR) is 144 cm³/mol. The zero-order valence-electron chi connectivity index (χ0n) is 19.8. The average molecular weight is 569 g/mol. The summed E-state index contributed by atoms with van der Waals surface area (Å²) < 4.78 is 11.2. The van der Waals surface area contributed by atoms with E-state index in [9.17, 15) is 5.11 Å². The fourth-order valence-corrected chi connectivity index (χ4v) is 3.69. The average Bonchev–Trinajstić information content (AvgIpc) is 2.82. The molecule has 2 aromatic carbocycles. The number of guanidine groups is 1. The molecular formula is C25H37IN4O3. The number of rotatable bonds is 9. The molecule has 2 aromatic rings. The molecule has 0 radical (unpaired) electrons. The maximum atomic E-state index is 9.65. The lowest BCUT2D eigenvalue weighted by atomic mass is 10.1. The number of aliphatic imine (C=N–C) groups is 1. The van der Waals surface area contributed by atoms with Crippen molar-refractivity contribution in [1.29, 1.82) is 0 Å². The van der Waals surface area contributed by atoms with Crippen LogP contribution in [0, 0.1) is 0 Å². The summed E-state index contributed by atoms with van der Waals surface area (Å²) in [4.78, 5) is 6.71. The molecule has 1 heterocycles. The number of ether oxygens (including phenoxy) is 2. The highest BCUT2D eigenvalue weighted by Crippen LogP contribution is 2.19. The molecule has 182 valence electrons. The van der Waals surface area contributed by atoms with E-state index in [0.29, 0.717) is 13.1 Å². The van der Waals surface area contributed by atoms with E-state index in [1.807, 2.05) is 31.2 Å². The van der Waals surface area contributed by atoms with Crippen LogP contribution in [0.3, 0.4) is 0 Å². The quantitative estimate of drug-likeness (QED) is 0.245. The van der Waals surface area contributed by atoms with Gasteiger partial charge in [-0.05, 0) is 43.0 Å². The minimum atomic E-state index is -0.126. The number of nitrogens with one attached hydrogen (secondary N) is 2. The van der Waals surface area contributed by atoms with Gasteiger partial charge < -0.3 is 25.2 Å². The third-order valence-corrected chi connectivity index (χ3v) is 5.61. The summed E-state index contributed by atoms with van der Waals surface area (Å²) in [5.74, 6) is 2.30. The maximum Gasteiger partial charge on any atom is 0.191 e. The lowest BCUT2D eigenvalue weighted by Crippen LogP contribution is -2.41. The van der Waals surface area contributed by atoms with Gasteiger partial charge in [-0.25, -0.2) is 0 Å². The van der Waals surface area contributed by atoms with Crippen molar-refractivity contribution < 1.29 is 14.6 Å². The van der Waals surface area contributed by atoms with Crippen LogP contribution in [0.2, 0.25) is 0 Å². The molecule has 0 amide bonds. The van der Waals surface area contributed by atoms with Gasteiger partial charge in [0.25, 0.3) is 0 Å². The molecule has 3 N–H and O–H groups in total. The lowest BCUT2D eigenvalue weighted by Gasteiger charge is -2.29. The Bertz CT molecular complexity index is 855. The molecule has 7 nitrogen and oxygen atoms in total. The second-order valence-electron chi connectivity index (χ2n) is 8.24. The minimum Gasteiger partial charge on any atom is -0.497 e. The van der Waals surface area contributed by atoms with Crippen molar-refractivity contribution in [2.45, 2.75) is 45.1 Å². The molecular weight excluding hydrogens is 531 g/mol. The van der Waals surface area contributed by atoms with Crippen LogP contribution in [0.25, 0.3) is 0 Å². The van der Waals surface area contributed by atoms with E-state index >= 15 is 0 Å². The topological polar surface area (TPSA) is 78.4 Å². The van der Waals surface area contributed by atoms with Gasteiger partial charge in [0.1, 0.15) is 17.6 Å². The van der Waals surface area contributed by atoms with Gasteiger partial charge in [0.15, 0.2) is 5.96 Å². The summed E-state index contributed by atoms with van der Waals surface area (Å²) in [6, 6.07) is 16.3. The number of benzene rings is 2. The van der Waals surface area contributed by atoms with Gasteiger partial charge in [0, 0.05) is 39.3 Å². The molecule has 8 heteroatoms. The Morgan fingerprint density at radius 3 is 2.42 bits per heavy atom. The van der Waals surface area contributed by atoms with Crippen LogP contribution in [0.15, 0.2) is 53.5 Å². The fourth-order valence-electron chi connectivity index (χ4n) is 3.69. The molecule has 0 bridgehead atoms. The SMILES string of the molecule is CN=C(NCc1ccc(CN2CCC(O)CC2)cc1)NCC(C)Oc1cccc(OC)c1.I. The van der Waals surface area contributed by atoms with Crippen molar-refractivity contribution in [3.63, 3.8) is 0 Å². The van der Waals surface area contributed by atoms with Crippen molar-refractivity contribution >= 4 is 29.9 Å². The summed E-state index contributed by atoms with van der Waals surface area (Å²) in [5.41, 5.74) is 2.50. The number of piperidine rings is 1. The van der Waals surface area contributed by atoms with Crippen molar-refractivity contribution in [2.24, 2.45) is 4.99 Å². The lowest BCUT2D eigenvalue weighted by molar-refractivity contribution is 0.0792. The number of hydrogen-bond acceptors (Lipinski definition) is 5. The van der Waals surface area contributed by atoms with Gasteiger partial charge >= 0.3 is 0 Å². The van der Waals surface area contributed by atoms with Gasteiger partial charge in [-0.3, -0.25) is 9.89 Å². The second-order valence-corrected chi connectivity index (χ2v) is 8.24. The minimum absolute atomic E-state index is 0. The third kappa shape index (κ3) is 9.38. The molecule has 3 rings (SSSR count). The zero-order chi connectivity index (χ0) is 22.8. The van der Waals surface area contributed by atoms with E-state index in [4.69, 9.17) is 9.47 Å². The third-order valence-electron chi connectivity index (χ3n) is 5.61. The smallest absolute Gasteiger partial charge is 0.191 e. The highest BCUT2D eigenvalue weighted by Gasteiger charge is 2.16. The Labute approximate surface area is 214 Å². The van der Waals surface area contributed by atoms with Crippen LogP contribution in [-0.4, -0.2) is 62.0 Å². The molecule has 1 unspecified atom stereocenters. The largest absolute Gasteiger partial charge is 0.497 e. The van der Waals surface area contributed by atoms with Gasteiger partial charge in [0.05, 0.1) is 19.8 Å². The Morgan fingerprint density at radius 1 is 1.09 bits per heavy atom. The van der Waals surface area contributed by atoms with E-state index in [2.05, 4.69) is 44.8 Å². The molecule has 0 aromatic heterocycles. The Hall–Kier alpha value is -2.04. The first-order valence-electron chi connectivity index (χ1n) is 11.3. The number of nitrogens with zero attached hydrogens (tertiary/aromatic N) is 2. The van der Waals surface area contributed by atoms with E-state index < -0.39 is 0 Å². The fraction of sp³-hybridized carbons (Fsp3) is 0.480. The van der Waals surface area contributed by atoms with E-state index in [1.54, 1.807) is 14.2 Å². The standard InChI is InChI=1S/C25H36N4O3.HI/c1-19(32-24-6-4-5-23(15-24)31-3)16-27-25(26-2)28-17-20-7-9-21(10-8-20)18-29-13-11-22(30)12-14-29;/h4-10,15,19,22,30H,11-14,16-18H2,1-3H3,(H2,26,27,28);1H. The second kappa shape index (κ2) is 14.3. The number of likely N-dealkylation sites (tertiary alicyclic amines) is 1. The van der Waals surface area contributed by atoms with Crippen molar-refractivity contribution in [3.8, 4) is 11.5 Å². The van der Waals surface area contributed by atoms with Crippen molar-refractivity contribution in [1.82, 2.24) is 15.5 Å². The zero-order valence-corrected chi connectivity index (χ0v) is 22.1. The first-order valence-corrected chi connectivity index (χ1v) is 11.3. The summed E-state index contributed by atoms with van der Waals surface area (Å²) in [6.07, 6.45) is 1.59. The molecule has 1 atom stereocenters. The van der Waals surface area contributed by atoms with Crippen molar-refractivity contribution in [2.75, 3.05) is 33.8 Å². The van der Waals surface area contributed by atoms with Crippen LogP contribution in [0.1, 0.15) is 30.9 Å². The molecule has 0 aliphatic carbocycles. The highest BCUT2D eigenvalue weighted by atomic mass is 127. The van der Waals surface area contributed by atoms with Crippen LogP contribution in [0.5, 0.6) is 11.5 Å². The number of hydrogen-bond donors (Lipinski definition) is 3. The van der Waals surface area contributed by atoms with E-state index in [1.165, 1.54) is 11.1 Å². The van der Waals surface area contributed by atoms with E-state index in [0.717, 1.165) is 49.9 Å². The summed E-state index contributed by atoms with van der Waals surface area (Å²) >= 11 is 0. The van der Waals surface area contributed by atoms with Gasteiger partial charge in [-0.2, -0.15) is 0 Å². The van der Waals surface area contributed by atoms with Crippen LogP contribution in [-0.2, 0) is 13.1 Å². The summed E-state index contributed by atoms with van der Waals surface area (Å²) in [6.45, 7) is 6.20. The molecule has 1 fully saturated rings. The molecule has 1 aliphatic heterocycles. The number of aliphatic hydroxyl groups excluding tert-OH is 1. The molecule has 0 saturated carbocycles. The Morgan fingerprint density at radius 2 is 1.76 bits per heavy atom. The Kier molecular flexibility index (Phi) is 11.8. The maximum absolute atomic E-state index is 9.65. The van der Waals surface area contributed by atoms with Crippen LogP contribution in [0.4, 0.5) is 0 Å². The molecule has 33 heavy (non-hydrogen) atoms. The summed E-state index contributed by atoms with van der Waals surface area (Å²) in [7, 11) is 3.41. The predicted octanol–water partition coefficient (Wildman–Crippen LogP) is 3.40. The first-order chi connectivity index (χ1) is 15.6. The van der Waals surface area contributed by atoms with Crippen LogP contribution < -0.4 is 20.1 Å². The van der Waals surface area contributed by atoms with Gasteiger partial charge in [0.2, 0.25) is 0 Å². The Balaban J connectivity index is 0.00000385. The number of methoxy groups -OCH3 is 1. The highest BCUT2D eigenvalue weighted by molar-refractivity contribution is 14.0. The molecule has 1 aliphatic rings. The summed E-state index contributed by atoms with van der Waals surface area (Å²) in [5, 5.41) is 16.3. The van der Waals surface area contributed by atoms with Gasteiger partial charge in [-0.15, -0.1) is 24.0 Å².